The number of rotatable bonds is 2. The molecular formula is C8H14O4. The second-order valence-electron chi connectivity index (χ2n) is 2.21. The van der Waals surface area contributed by atoms with Crippen LogP contribution in [0.2, 0.25) is 0 Å². The Kier molecular flexibility index (Phi) is 9.01. The van der Waals surface area contributed by atoms with Crippen LogP contribution in [0.5, 0.6) is 0 Å². The minimum Gasteiger partial charge on any atom is -0.479 e. The van der Waals surface area contributed by atoms with Gasteiger partial charge in [-0.3, -0.25) is 0 Å². The zero-order chi connectivity index (χ0) is 10.1. The predicted molar refractivity (Wildman–Crippen MR) is 44.7 cm³/mol. The molecule has 0 amide bonds. The normalized spacial score (nSPS) is 10.3. The van der Waals surface area contributed by atoms with Crippen molar-refractivity contribution in [2.45, 2.75) is 20.0 Å². The monoisotopic (exact) mass is 174 g/mol. The SMILES string of the molecule is C=C=C(C)C.O=C(O)C(O)CO. The molecule has 0 rings (SSSR count). The number of aliphatic hydroxyl groups excluding tert-OH is 2. The lowest BCUT2D eigenvalue weighted by atomic mass is 10.4. The van der Waals surface area contributed by atoms with Gasteiger partial charge < -0.3 is 15.3 Å². The topological polar surface area (TPSA) is 77.8 Å². The second-order valence-corrected chi connectivity index (χ2v) is 2.21. The van der Waals surface area contributed by atoms with Gasteiger partial charge in [0.05, 0.1) is 6.61 Å². The Hall–Kier alpha value is -1.09. The van der Waals surface area contributed by atoms with Gasteiger partial charge in [-0.25, -0.2) is 4.79 Å². The van der Waals surface area contributed by atoms with Crippen LogP contribution in [0.15, 0.2) is 17.9 Å². The molecule has 1 unspecified atom stereocenters. The first kappa shape index (κ1) is 13.5. The number of hydrogen-bond acceptors (Lipinski definition) is 3. The van der Waals surface area contributed by atoms with Gasteiger partial charge in [-0.05, 0) is 19.4 Å². The second kappa shape index (κ2) is 8.01. The van der Waals surface area contributed by atoms with Crippen molar-refractivity contribution >= 4 is 5.97 Å². The summed E-state index contributed by atoms with van der Waals surface area (Å²) < 4.78 is 0. The summed E-state index contributed by atoms with van der Waals surface area (Å²) >= 11 is 0. The van der Waals surface area contributed by atoms with Crippen molar-refractivity contribution in [3.05, 3.63) is 17.9 Å². The van der Waals surface area contributed by atoms with Crippen molar-refractivity contribution in [3.8, 4) is 0 Å². The number of hydrogen-bond donors (Lipinski definition) is 3. The Labute approximate surface area is 71.5 Å². The minimum absolute atomic E-state index is 0.727. The molecule has 0 saturated heterocycles. The molecule has 0 aliphatic carbocycles. The van der Waals surface area contributed by atoms with Crippen LogP contribution >= 0.6 is 0 Å². The van der Waals surface area contributed by atoms with E-state index in [0.29, 0.717) is 0 Å². The van der Waals surface area contributed by atoms with Crippen molar-refractivity contribution in [3.63, 3.8) is 0 Å². The first-order valence-corrected chi connectivity index (χ1v) is 3.30. The molecule has 0 aromatic heterocycles. The molecule has 4 nitrogen and oxygen atoms in total. The quantitative estimate of drug-likeness (QED) is 0.521. The summed E-state index contributed by atoms with van der Waals surface area (Å²) in [7, 11) is 0. The maximum absolute atomic E-state index is 9.52. The van der Waals surface area contributed by atoms with E-state index in [9.17, 15) is 4.79 Å². The van der Waals surface area contributed by atoms with Gasteiger partial charge in [0.1, 0.15) is 0 Å². The third-order valence-corrected chi connectivity index (χ3v) is 0.812. The zero-order valence-electron chi connectivity index (χ0n) is 7.24. The fourth-order valence-corrected chi connectivity index (χ4v) is 0.0781. The molecule has 0 aromatic rings. The smallest absolute Gasteiger partial charge is 0.334 e. The summed E-state index contributed by atoms with van der Waals surface area (Å²) in [6.45, 7) is 6.60. The van der Waals surface area contributed by atoms with Crippen LogP contribution in [0.3, 0.4) is 0 Å². The lowest BCUT2D eigenvalue weighted by Crippen LogP contribution is -2.22. The van der Waals surface area contributed by atoms with Crippen LogP contribution < -0.4 is 0 Å². The van der Waals surface area contributed by atoms with Gasteiger partial charge in [-0.2, -0.15) is 0 Å². The van der Waals surface area contributed by atoms with Crippen LogP contribution in [0.25, 0.3) is 0 Å². The molecule has 0 heterocycles. The average molecular weight is 174 g/mol. The summed E-state index contributed by atoms with van der Waals surface area (Å²) in [5.74, 6) is -1.40. The fourth-order valence-electron chi connectivity index (χ4n) is 0.0781. The Morgan fingerprint density at radius 2 is 1.92 bits per heavy atom. The maximum Gasteiger partial charge on any atom is 0.334 e. The first-order valence-electron chi connectivity index (χ1n) is 3.30. The molecule has 0 aliphatic rings. The Morgan fingerprint density at radius 1 is 1.58 bits per heavy atom. The zero-order valence-corrected chi connectivity index (χ0v) is 7.24. The highest BCUT2D eigenvalue weighted by Crippen LogP contribution is 1.77. The molecule has 0 radical (unpaired) electrons. The van der Waals surface area contributed by atoms with Gasteiger partial charge in [0.25, 0.3) is 0 Å². The van der Waals surface area contributed by atoms with Crippen molar-refractivity contribution in [1.82, 2.24) is 0 Å². The predicted octanol–water partition coefficient (Wildman–Crippen LogP) is 0.162. The molecular weight excluding hydrogens is 160 g/mol. The lowest BCUT2D eigenvalue weighted by molar-refractivity contribution is -0.148. The van der Waals surface area contributed by atoms with Crippen LogP contribution in [-0.2, 0) is 4.79 Å². The van der Waals surface area contributed by atoms with Crippen molar-refractivity contribution in [1.29, 1.82) is 0 Å². The van der Waals surface area contributed by atoms with Crippen LogP contribution in [0, 0.1) is 0 Å². The molecule has 4 heteroatoms. The Balaban J connectivity index is 0. The molecule has 12 heavy (non-hydrogen) atoms. The molecule has 0 fully saturated rings. The van der Waals surface area contributed by atoms with Gasteiger partial charge >= 0.3 is 5.97 Å². The summed E-state index contributed by atoms with van der Waals surface area (Å²) in [5, 5.41) is 23.7. The van der Waals surface area contributed by atoms with Crippen molar-refractivity contribution in [2.75, 3.05) is 6.61 Å². The summed E-state index contributed by atoms with van der Waals surface area (Å²) in [4.78, 5) is 9.52. The molecule has 0 saturated carbocycles. The average Bonchev–Trinajstić information content (AvgIpc) is 2.04. The highest BCUT2D eigenvalue weighted by atomic mass is 16.4. The first-order chi connectivity index (χ1) is 5.45. The third-order valence-electron chi connectivity index (χ3n) is 0.812. The number of carboxylic acid groups (broad SMARTS) is 1. The number of carboxylic acids is 1. The number of aliphatic carboxylic acids is 1. The molecule has 0 bridgehead atoms. The van der Waals surface area contributed by atoms with E-state index in [-0.39, 0.29) is 0 Å². The maximum atomic E-state index is 9.52. The molecule has 0 spiro atoms. The van der Waals surface area contributed by atoms with E-state index in [0.717, 1.165) is 5.57 Å². The van der Waals surface area contributed by atoms with Crippen molar-refractivity contribution in [2.24, 2.45) is 0 Å². The summed E-state index contributed by atoms with van der Waals surface area (Å²) in [6.07, 6.45) is -1.63. The molecule has 1 atom stereocenters. The largest absolute Gasteiger partial charge is 0.479 e. The molecule has 3 N–H and O–H groups in total. The Morgan fingerprint density at radius 3 is 1.92 bits per heavy atom. The van der Waals surface area contributed by atoms with Gasteiger partial charge in [0.2, 0.25) is 0 Å². The standard InChI is InChI=1S/C5H8.C3H6O4/c1-4-5(2)3;4-1-2(5)3(6)7/h1H2,2-3H3;2,4-5H,1H2,(H,6,7). The van der Waals surface area contributed by atoms with E-state index < -0.39 is 18.7 Å². The van der Waals surface area contributed by atoms with E-state index >= 15 is 0 Å². The highest BCUT2D eigenvalue weighted by molar-refractivity contribution is 5.71. The number of allylic oxidation sites excluding steroid dienone is 1. The molecule has 70 valence electrons. The number of carbonyl (C=O) groups is 1. The van der Waals surface area contributed by atoms with Gasteiger partial charge in [0.15, 0.2) is 6.10 Å². The lowest BCUT2D eigenvalue weighted by Gasteiger charge is -1.95. The highest BCUT2D eigenvalue weighted by Gasteiger charge is 2.08. The van der Waals surface area contributed by atoms with E-state index in [2.05, 4.69) is 12.3 Å². The van der Waals surface area contributed by atoms with E-state index in [1.807, 2.05) is 13.8 Å². The van der Waals surface area contributed by atoms with Crippen LogP contribution in [0.4, 0.5) is 0 Å². The van der Waals surface area contributed by atoms with Crippen LogP contribution in [-0.4, -0.2) is 34.0 Å². The molecule has 0 aromatic carbocycles. The van der Waals surface area contributed by atoms with Gasteiger partial charge in [0, 0.05) is 0 Å². The van der Waals surface area contributed by atoms with Crippen molar-refractivity contribution < 1.29 is 20.1 Å². The van der Waals surface area contributed by atoms with E-state index in [1.165, 1.54) is 0 Å². The van der Waals surface area contributed by atoms with Crippen LogP contribution in [0.1, 0.15) is 13.8 Å². The minimum atomic E-state index is -1.63. The summed E-state index contributed by atoms with van der Waals surface area (Å²) in [5.41, 5.74) is 3.84. The van der Waals surface area contributed by atoms with E-state index in [4.69, 9.17) is 15.3 Å². The fraction of sp³-hybridized carbons (Fsp3) is 0.500. The third kappa shape index (κ3) is 11.7. The summed E-state index contributed by atoms with van der Waals surface area (Å²) in [6, 6.07) is 0. The number of aliphatic hydroxyl groups is 2. The van der Waals surface area contributed by atoms with Gasteiger partial charge in [-0.15, -0.1) is 5.73 Å². The molecule has 0 aliphatic heterocycles. The van der Waals surface area contributed by atoms with E-state index in [1.54, 1.807) is 0 Å². The van der Waals surface area contributed by atoms with Gasteiger partial charge in [-0.1, -0.05) is 6.58 Å². The Bertz CT molecular complexity index is 175.